The van der Waals surface area contributed by atoms with Gasteiger partial charge in [-0.25, -0.2) is 0 Å². The number of rotatable bonds is 4. The number of nitrogens with one attached hydrogen (secondary N) is 1. The van der Waals surface area contributed by atoms with Gasteiger partial charge in [0.25, 0.3) is 5.91 Å². The van der Waals surface area contributed by atoms with Crippen molar-refractivity contribution in [2.24, 2.45) is 0 Å². The van der Waals surface area contributed by atoms with Crippen LogP contribution in [0, 0.1) is 6.92 Å². The first-order valence-corrected chi connectivity index (χ1v) is 11.8. The SMILES string of the molecule is Cc1cccc(N2C(=O)CS[C@H]2c2ccc(NC(=O)c3ccc(C(C)(C)C)cc3)cc2)c1. The van der Waals surface area contributed by atoms with Crippen molar-refractivity contribution < 1.29 is 9.59 Å². The zero-order valence-electron chi connectivity index (χ0n) is 18.9. The minimum atomic E-state index is -0.134. The average Bonchev–Trinajstić information content (AvgIpc) is 3.15. The normalized spacial score (nSPS) is 16.3. The van der Waals surface area contributed by atoms with Crippen LogP contribution in [0.3, 0.4) is 0 Å². The molecular weight excluding hydrogens is 416 g/mol. The predicted molar refractivity (Wildman–Crippen MR) is 133 cm³/mol. The number of carbonyl (C=O) groups excluding carboxylic acids is 2. The molecule has 0 saturated carbocycles. The van der Waals surface area contributed by atoms with Gasteiger partial charge in [0.1, 0.15) is 5.37 Å². The molecule has 3 aromatic rings. The molecular formula is C27H28N2O2S. The summed E-state index contributed by atoms with van der Waals surface area (Å²) in [5, 5.41) is 2.90. The highest BCUT2D eigenvalue weighted by Gasteiger charge is 2.34. The van der Waals surface area contributed by atoms with E-state index in [1.54, 1.807) is 11.8 Å². The maximum Gasteiger partial charge on any atom is 0.255 e. The topological polar surface area (TPSA) is 49.4 Å². The van der Waals surface area contributed by atoms with Crippen LogP contribution in [-0.4, -0.2) is 17.6 Å². The summed E-state index contributed by atoms with van der Waals surface area (Å²) >= 11 is 1.62. The number of anilines is 2. The second-order valence-corrected chi connectivity index (χ2v) is 10.2. The van der Waals surface area contributed by atoms with Gasteiger partial charge in [-0.3, -0.25) is 14.5 Å². The van der Waals surface area contributed by atoms with Crippen LogP contribution in [0.1, 0.15) is 53.2 Å². The van der Waals surface area contributed by atoms with E-state index in [9.17, 15) is 9.59 Å². The average molecular weight is 445 g/mol. The van der Waals surface area contributed by atoms with Gasteiger partial charge in [-0.1, -0.05) is 57.2 Å². The van der Waals surface area contributed by atoms with Gasteiger partial charge < -0.3 is 5.32 Å². The number of benzene rings is 3. The number of hydrogen-bond acceptors (Lipinski definition) is 3. The van der Waals surface area contributed by atoms with E-state index in [0.717, 1.165) is 22.5 Å². The quantitative estimate of drug-likeness (QED) is 0.512. The molecule has 0 spiro atoms. The van der Waals surface area contributed by atoms with E-state index in [1.165, 1.54) is 5.56 Å². The maximum atomic E-state index is 12.7. The molecule has 164 valence electrons. The predicted octanol–water partition coefficient (Wildman–Crippen LogP) is 6.32. The Morgan fingerprint density at radius 3 is 2.31 bits per heavy atom. The fourth-order valence-electron chi connectivity index (χ4n) is 3.78. The fraction of sp³-hybridized carbons (Fsp3) is 0.259. The Labute approximate surface area is 194 Å². The van der Waals surface area contributed by atoms with Crippen LogP contribution in [0.4, 0.5) is 11.4 Å². The van der Waals surface area contributed by atoms with Gasteiger partial charge in [0.05, 0.1) is 5.75 Å². The monoisotopic (exact) mass is 444 g/mol. The molecule has 4 nitrogen and oxygen atoms in total. The van der Waals surface area contributed by atoms with Crippen LogP contribution in [0.5, 0.6) is 0 Å². The molecule has 2 amide bonds. The molecule has 1 aliphatic heterocycles. The molecule has 0 unspecified atom stereocenters. The van der Waals surface area contributed by atoms with Crippen molar-refractivity contribution in [3.8, 4) is 0 Å². The van der Waals surface area contributed by atoms with Gasteiger partial charge in [-0.2, -0.15) is 0 Å². The molecule has 4 rings (SSSR count). The smallest absolute Gasteiger partial charge is 0.255 e. The second-order valence-electron chi connectivity index (χ2n) is 9.17. The molecule has 1 fully saturated rings. The van der Waals surface area contributed by atoms with Crippen molar-refractivity contribution in [1.29, 1.82) is 0 Å². The van der Waals surface area contributed by atoms with Crippen LogP contribution in [-0.2, 0) is 10.2 Å². The van der Waals surface area contributed by atoms with E-state index in [4.69, 9.17) is 0 Å². The Morgan fingerprint density at radius 1 is 1.00 bits per heavy atom. The Hall–Kier alpha value is -3.05. The van der Waals surface area contributed by atoms with E-state index in [1.807, 2.05) is 84.6 Å². The number of amides is 2. The van der Waals surface area contributed by atoms with Crippen LogP contribution in [0.25, 0.3) is 0 Å². The molecule has 0 bridgehead atoms. The van der Waals surface area contributed by atoms with E-state index < -0.39 is 0 Å². The van der Waals surface area contributed by atoms with Crippen LogP contribution in [0.2, 0.25) is 0 Å². The van der Waals surface area contributed by atoms with Gasteiger partial charge in [-0.05, 0) is 65.4 Å². The molecule has 3 aromatic carbocycles. The van der Waals surface area contributed by atoms with E-state index in [2.05, 4.69) is 26.1 Å². The van der Waals surface area contributed by atoms with Crippen molar-refractivity contribution in [2.45, 2.75) is 38.5 Å². The zero-order valence-corrected chi connectivity index (χ0v) is 19.7. The van der Waals surface area contributed by atoms with Gasteiger partial charge in [0, 0.05) is 16.9 Å². The van der Waals surface area contributed by atoms with Crippen molar-refractivity contribution in [1.82, 2.24) is 0 Å². The third-order valence-electron chi connectivity index (χ3n) is 5.61. The molecule has 0 radical (unpaired) electrons. The standard InChI is InChI=1S/C27H28N2O2S/c1-18-6-5-7-23(16-18)29-24(30)17-32-26(29)20-10-14-22(15-11-20)28-25(31)19-8-12-21(13-9-19)27(2,3)4/h5-16,26H,17H2,1-4H3,(H,28,31)/t26-/m0/s1. The third kappa shape index (κ3) is 4.73. The summed E-state index contributed by atoms with van der Waals surface area (Å²) in [5.41, 5.74) is 5.69. The lowest BCUT2D eigenvalue weighted by Gasteiger charge is -2.25. The van der Waals surface area contributed by atoms with Gasteiger partial charge >= 0.3 is 0 Å². The van der Waals surface area contributed by atoms with Crippen molar-refractivity contribution >= 4 is 35.0 Å². The largest absolute Gasteiger partial charge is 0.322 e. The Bertz CT molecular complexity index is 1130. The molecule has 5 heteroatoms. The number of carbonyl (C=O) groups is 2. The summed E-state index contributed by atoms with van der Waals surface area (Å²) in [6, 6.07) is 23.5. The maximum absolute atomic E-state index is 12.7. The molecule has 1 N–H and O–H groups in total. The molecule has 1 saturated heterocycles. The summed E-state index contributed by atoms with van der Waals surface area (Å²) in [5.74, 6) is 0.438. The highest BCUT2D eigenvalue weighted by atomic mass is 32.2. The Kier molecular flexibility index (Phi) is 6.11. The van der Waals surface area contributed by atoms with Crippen molar-refractivity contribution in [3.63, 3.8) is 0 Å². The molecule has 1 atom stereocenters. The van der Waals surface area contributed by atoms with Gasteiger partial charge in [-0.15, -0.1) is 11.8 Å². The first-order chi connectivity index (χ1) is 15.2. The van der Waals surface area contributed by atoms with Crippen molar-refractivity contribution in [3.05, 3.63) is 95.1 Å². The van der Waals surface area contributed by atoms with E-state index in [-0.39, 0.29) is 22.6 Å². The summed E-state index contributed by atoms with van der Waals surface area (Å²) < 4.78 is 0. The molecule has 1 aliphatic rings. The highest BCUT2D eigenvalue weighted by molar-refractivity contribution is 8.00. The zero-order chi connectivity index (χ0) is 22.9. The summed E-state index contributed by atoms with van der Waals surface area (Å²) in [6.45, 7) is 8.49. The van der Waals surface area contributed by atoms with E-state index in [0.29, 0.717) is 11.3 Å². The second kappa shape index (κ2) is 8.83. The molecule has 0 aromatic heterocycles. The van der Waals surface area contributed by atoms with Gasteiger partial charge in [0.2, 0.25) is 5.91 Å². The third-order valence-corrected chi connectivity index (χ3v) is 6.83. The van der Waals surface area contributed by atoms with Crippen LogP contribution in [0.15, 0.2) is 72.8 Å². The Morgan fingerprint density at radius 2 is 1.69 bits per heavy atom. The van der Waals surface area contributed by atoms with Gasteiger partial charge in [0.15, 0.2) is 0 Å². The molecule has 0 aliphatic carbocycles. The lowest BCUT2D eigenvalue weighted by Crippen LogP contribution is -2.27. The van der Waals surface area contributed by atoms with Crippen molar-refractivity contribution in [2.75, 3.05) is 16.0 Å². The number of aryl methyl sites for hydroxylation is 1. The van der Waals surface area contributed by atoms with Crippen LogP contribution < -0.4 is 10.2 Å². The summed E-state index contributed by atoms with van der Waals surface area (Å²) in [7, 11) is 0. The lowest BCUT2D eigenvalue weighted by molar-refractivity contribution is -0.115. The first-order valence-electron chi connectivity index (χ1n) is 10.7. The fourth-order valence-corrected chi connectivity index (χ4v) is 4.96. The first kappa shape index (κ1) is 22.2. The minimum absolute atomic E-state index is 0.0524. The summed E-state index contributed by atoms with van der Waals surface area (Å²) in [6.07, 6.45) is 0. The number of nitrogens with zero attached hydrogens (tertiary/aromatic N) is 1. The lowest BCUT2D eigenvalue weighted by atomic mass is 9.87. The minimum Gasteiger partial charge on any atom is -0.322 e. The highest BCUT2D eigenvalue weighted by Crippen LogP contribution is 2.42. The Balaban J connectivity index is 1.48. The summed E-state index contributed by atoms with van der Waals surface area (Å²) in [4.78, 5) is 27.1. The molecule has 32 heavy (non-hydrogen) atoms. The number of thioether (sulfide) groups is 1. The molecule has 1 heterocycles. The van der Waals surface area contributed by atoms with E-state index >= 15 is 0 Å². The number of hydrogen-bond donors (Lipinski definition) is 1. The van der Waals surface area contributed by atoms with Crippen LogP contribution >= 0.6 is 11.8 Å².